The minimum absolute atomic E-state index is 0.0752. The highest BCUT2D eigenvalue weighted by molar-refractivity contribution is 9.11. The molecule has 1 aromatic carbocycles. The molecule has 0 bridgehead atoms. The third kappa shape index (κ3) is 3.23. The summed E-state index contributed by atoms with van der Waals surface area (Å²) in [5, 5.41) is 0. The second-order valence-corrected chi connectivity index (χ2v) is 5.36. The number of benzene rings is 1. The van der Waals surface area contributed by atoms with Crippen LogP contribution in [0.3, 0.4) is 0 Å². The van der Waals surface area contributed by atoms with Crippen molar-refractivity contribution in [1.29, 1.82) is 0 Å². The highest BCUT2D eigenvalue weighted by Crippen LogP contribution is 2.22. The van der Waals surface area contributed by atoms with Crippen molar-refractivity contribution in [3.05, 3.63) is 62.8 Å². The second-order valence-electron chi connectivity index (χ2n) is 3.59. The number of hydrogen-bond donors (Lipinski definition) is 0. The molecule has 0 spiro atoms. The summed E-state index contributed by atoms with van der Waals surface area (Å²) in [7, 11) is 0. The number of nitrogens with zero attached hydrogens (tertiary/aromatic N) is 1. The molecule has 0 saturated carbocycles. The Labute approximate surface area is 116 Å². The lowest BCUT2D eigenvalue weighted by atomic mass is 10.0. The Kier molecular flexibility index (Phi) is 4.07. The summed E-state index contributed by atoms with van der Waals surface area (Å²) in [5.74, 6) is 0.0752. The molecule has 86 valence electrons. The fraction of sp³-hybridized carbons (Fsp3) is 0.0769. The van der Waals surface area contributed by atoms with Crippen LogP contribution in [0.15, 0.2) is 51.7 Å². The molecule has 0 N–H and O–H groups in total. The first-order valence-corrected chi connectivity index (χ1v) is 6.62. The van der Waals surface area contributed by atoms with Crippen LogP contribution in [-0.2, 0) is 6.42 Å². The van der Waals surface area contributed by atoms with E-state index in [0.29, 0.717) is 12.0 Å². The molecule has 0 atom stereocenters. The lowest BCUT2D eigenvalue weighted by Crippen LogP contribution is -2.04. The molecule has 0 aliphatic carbocycles. The Morgan fingerprint density at radius 3 is 2.76 bits per heavy atom. The number of aromatic nitrogens is 1. The van der Waals surface area contributed by atoms with Gasteiger partial charge in [-0.2, -0.15) is 0 Å². The van der Waals surface area contributed by atoms with Crippen molar-refractivity contribution >= 4 is 37.6 Å². The fourth-order valence-corrected chi connectivity index (χ4v) is 2.32. The normalized spacial score (nSPS) is 10.2. The summed E-state index contributed by atoms with van der Waals surface area (Å²) < 4.78 is 1.71. The van der Waals surface area contributed by atoms with Crippen LogP contribution in [0.1, 0.15) is 15.9 Å². The molecule has 0 radical (unpaired) electrons. The standard InChI is InChI=1S/C13H9Br2NO/c14-10-3-4-12(15)11(7-10)13(17)6-9-2-1-5-16-8-9/h1-5,7-8H,6H2. The van der Waals surface area contributed by atoms with Gasteiger partial charge in [-0.15, -0.1) is 0 Å². The molecule has 0 aliphatic rings. The van der Waals surface area contributed by atoms with E-state index in [0.717, 1.165) is 14.5 Å². The van der Waals surface area contributed by atoms with Gasteiger partial charge < -0.3 is 0 Å². The monoisotopic (exact) mass is 353 g/mol. The molecular formula is C13H9Br2NO. The predicted molar refractivity (Wildman–Crippen MR) is 74.1 cm³/mol. The summed E-state index contributed by atoms with van der Waals surface area (Å²) in [6.07, 6.45) is 3.77. The lowest BCUT2D eigenvalue weighted by Gasteiger charge is -2.04. The average Bonchev–Trinajstić information content (AvgIpc) is 2.33. The van der Waals surface area contributed by atoms with Gasteiger partial charge in [0.25, 0.3) is 0 Å². The van der Waals surface area contributed by atoms with Crippen LogP contribution < -0.4 is 0 Å². The number of ketones is 1. The number of carbonyl (C=O) groups is 1. The predicted octanol–water partition coefficient (Wildman–Crippen LogP) is 4.03. The summed E-state index contributed by atoms with van der Waals surface area (Å²) in [6.45, 7) is 0. The number of halogens is 2. The van der Waals surface area contributed by atoms with Crippen LogP contribution in [0, 0.1) is 0 Å². The highest BCUT2D eigenvalue weighted by atomic mass is 79.9. The molecule has 0 saturated heterocycles. The number of hydrogen-bond acceptors (Lipinski definition) is 2. The van der Waals surface area contributed by atoms with Gasteiger partial charge in [-0.05, 0) is 29.8 Å². The van der Waals surface area contributed by atoms with Crippen LogP contribution in [-0.4, -0.2) is 10.8 Å². The molecule has 0 fully saturated rings. The maximum Gasteiger partial charge on any atom is 0.168 e. The molecule has 2 nitrogen and oxygen atoms in total. The zero-order valence-corrected chi connectivity index (χ0v) is 12.0. The van der Waals surface area contributed by atoms with E-state index in [1.807, 2.05) is 30.3 Å². The molecule has 0 unspecified atom stereocenters. The van der Waals surface area contributed by atoms with Crippen molar-refractivity contribution in [2.45, 2.75) is 6.42 Å². The van der Waals surface area contributed by atoms with Crippen molar-refractivity contribution < 1.29 is 4.79 Å². The minimum atomic E-state index is 0.0752. The highest BCUT2D eigenvalue weighted by Gasteiger charge is 2.11. The Balaban J connectivity index is 2.23. The molecule has 0 aliphatic heterocycles. The van der Waals surface area contributed by atoms with Crippen molar-refractivity contribution in [3.63, 3.8) is 0 Å². The van der Waals surface area contributed by atoms with Crippen molar-refractivity contribution in [3.8, 4) is 0 Å². The number of rotatable bonds is 3. The molecule has 0 amide bonds. The van der Waals surface area contributed by atoms with Gasteiger partial charge in [0.1, 0.15) is 0 Å². The topological polar surface area (TPSA) is 30.0 Å². The Morgan fingerprint density at radius 1 is 1.24 bits per heavy atom. The summed E-state index contributed by atoms with van der Waals surface area (Å²) in [6, 6.07) is 9.31. The van der Waals surface area contributed by atoms with Gasteiger partial charge in [-0.25, -0.2) is 0 Å². The van der Waals surface area contributed by atoms with Crippen LogP contribution in [0.25, 0.3) is 0 Å². The molecule has 1 aromatic heterocycles. The molecular weight excluding hydrogens is 346 g/mol. The van der Waals surface area contributed by atoms with Crippen LogP contribution >= 0.6 is 31.9 Å². The van der Waals surface area contributed by atoms with Crippen LogP contribution in [0.5, 0.6) is 0 Å². The Bertz CT molecular complexity index is 540. The van der Waals surface area contributed by atoms with Crippen molar-refractivity contribution in [2.75, 3.05) is 0 Å². The fourth-order valence-electron chi connectivity index (χ4n) is 1.49. The summed E-state index contributed by atoms with van der Waals surface area (Å²) >= 11 is 6.75. The van der Waals surface area contributed by atoms with Crippen molar-refractivity contribution in [1.82, 2.24) is 4.98 Å². The number of Topliss-reactive ketones (excluding diaryl/α,β-unsaturated/α-hetero) is 1. The van der Waals surface area contributed by atoms with Gasteiger partial charge in [0, 0.05) is 33.3 Å². The van der Waals surface area contributed by atoms with Crippen LogP contribution in [0.2, 0.25) is 0 Å². The van der Waals surface area contributed by atoms with Gasteiger partial charge in [0.05, 0.1) is 0 Å². The van der Waals surface area contributed by atoms with E-state index in [1.54, 1.807) is 12.4 Å². The SMILES string of the molecule is O=C(Cc1cccnc1)c1cc(Br)ccc1Br. The van der Waals surface area contributed by atoms with Gasteiger partial charge >= 0.3 is 0 Å². The van der Waals surface area contributed by atoms with Gasteiger partial charge in [0.15, 0.2) is 5.78 Å². The van der Waals surface area contributed by atoms with E-state index in [9.17, 15) is 4.79 Å². The second kappa shape index (κ2) is 5.56. The number of pyridine rings is 1. The lowest BCUT2D eigenvalue weighted by molar-refractivity contribution is 0.0992. The van der Waals surface area contributed by atoms with E-state index >= 15 is 0 Å². The zero-order valence-electron chi connectivity index (χ0n) is 8.86. The Morgan fingerprint density at radius 2 is 2.06 bits per heavy atom. The minimum Gasteiger partial charge on any atom is -0.294 e. The largest absolute Gasteiger partial charge is 0.294 e. The smallest absolute Gasteiger partial charge is 0.168 e. The van der Waals surface area contributed by atoms with E-state index in [2.05, 4.69) is 36.8 Å². The number of carbonyl (C=O) groups excluding carboxylic acids is 1. The van der Waals surface area contributed by atoms with E-state index in [-0.39, 0.29) is 5.78 Å². The molecule has 2 aromatic rings. The summed E-state index contributed by atoms with van der Waals surface area (Å²) in [5.41, 5.74) is 1.60. The maximum absolute atomic E-state index is 12.1. The van der Waals surface area contributed by atoms with Crippen molar-refractivity contribution in [2.24, 2.45) is 0 Å². The van der Waals surface area contributed by atoms with Crippen LogP contribution in [0.4, 0.5) is 0 Å². The zero-order chi connectivity index (χ0) is 12.3. The van der Waals surface area contributed by atoms with E-state index in [4.69, 9.17) is 0 Å². The molecule has 2 rings (SSSR count). The van der Waals surface area contributed by atoms with E-state index < -0.39 is 0 Å². The molecule has 4 heteroatoms. The maximum atomic E-state index is 12.1. The third-order valence-electron chi connectivity index (χ3n) is 2.32. The quantitative estimate of drug-likeness (QED) is 0.779. The van der Waals surface area contributed by atoms with Gasteiger partial charge in [-0.3, -0.25) is 9.78 Å². The first-order chi connectivity index (χ1) is 8.16. The van der Waals surface area contributed by atoms with Gasteiger partial charge in [0.2, 0.25) is 0 Å². The molecule has 17 heavy (non-hydrogen) atoms. The third-order valence-corrected chi connectivity index (χ3v) is 3.50. The van der Waals surface area contributed by atoms with Gasteiger partial charge in [-0.1, -0.05) is 37.9 Å². The first kappa shape index (κ1) is 12.5. The summed E-state index contributed by atoms with van der Waals surface area (Å²) in [4.78, 5) is 16.1. The molecule has 1 heterocycles. The average molecular weight is 355 g/mol. The Hall–Kier alpha value is -1.000. The van der Waals surface area contributed by atoms with E-state index in [1.165, 1.54) is 0 Å². The first-order valence-electron chi connectivity index (χ1n) is 5.04.